The number of nitrogens with one attached hydrogen (secondary N) is 1. The summed E-state index contributed by atoms with van der Waals surface area (Å²) < 4.78 is 0. The SMILES string of the molecule is CCC1CCCN(c2ccccc2CNC(C)C)C1. The number of nitrogens with zero attached hydrogens (tertiary/aromatic N) is 1. The largest absolute Gasteiger partial charge is 0.371 e. The lowest BCUT2D eigenvalue weighted by atomic mass is 9.94. The van der Waals surface area contributed by atoms with E-state index in [2.05, 4.69) is 55.3 Å². The second-order valence-corrected chi connectivity index (χ2v) is 6.03. The summed E-state index contributed by atoms with van der Waals surface area (Å²) in [6, 6.07) is 9.42. The molecule has 19 heavy (non-hydrogen) atoms. The average molecular weight is 260 g/mol. The number of para-hydroxylation sites is 1. The van der Waals surface area contributed by atoms with Crippen molar-refractivity contribution < 1.29 is 0 Å². The van der Waals surface area contributed by atoms with Crippen LogP contribution in [0.4, 0.5) is 5.69 Å². The van der Waals surface area contributed by atoms with E-state index in [-0.39, 0.29) is 0 Å². The third-order valence-corrected chi connectivity index (χ3v) is 4.13. The van der Waals surface area contributed by atoms with Crippen molar-refractivity contribution in [1.82, 2.24) is 5.32 Å². The summed E-state index contributed by atoms with van der Waals surface area (Å²) in [4.78, 5) is 2.59. The van der Waals surface area contributed by atoms with Crippen molar-refractivity contribution in [3.8, 4) is 0 Å². The van der Waals surface area contributed by atoms with Crippen LogP contribution >= 0.6 is 0 Å². The maximum atomic E-state index is 3.54. The molecule has 1 aromatic carbocycles. The van der Waals surface area contributed by atoms with Gasteiger partial charge in [-0.25, -0.2) is 0 Å². The molecule has 0 spiro atoms. The Labute approximate surface area is 118 Å². The van der Waals surface area contributed by atoms with Crippen LogP contribution in [0.3, 0.4) is 0 Å². The molecule has 1 aliphatic heterocycles. The van der Waals surface area contributed by atoms with Crippen LogP contribution in [0.15, 0.2) is 24.3 Å². The van der Waals surface area contributed by atoms with Crippen molar-refractivity contribution in [3.05, 3.63) is 29.8 Å². The first-order valence-corrected chi connectivity index (χ1v) is 7.77. The van der Waals surface area contributed by atoms with Gasteiger partial charge in [-0.05, 0) is 30.4 Å². The molecule has 106 valence electrons. The van der Waals surface area contributed by atoms with Crippen LogP contribution in [-0.2, 0) is 6.54 Å². The van der Waals surface area contributed by atoms with Crippen LogP contribution < -0.4 is 10.2 Å². The lowest BCUT2D eigenvalue weighted by Gasteiger charge is -2.35. The first kappa shape index (κ1) is 14.4. The Morgan fingerprint density at radius 1 is 1.32 bits per heavy atom. The van der Waals surface area contributed by atoms with Gasteiger partial charge < -0.3 is 10.2 Å². The highest BCUT2D eigenvalue weighted by atomic mass is 15.1. The van der Waals surface area contributed by atoms with Crippen LogP contribution in [-0.4, -0.2) is 19.1 Å². The predicted octanol–water partition coefficient (Wildman–Crippen LogP) is 3.81. The minimum Gasteiger partial charge on any atom is -0.371 e. The molecule has 1 N–H and O–H groups in total. The molecule has 0 radical (unpaired) electrons. The van der Waals surface area contributed by atoms with Gasteiger partial charge in [0.15, 0.2) is 0 Å². The Hall–Kier alpha value is -1.02. The number of hydrogen-bond acceptors (Lipinski definition) is 2. The third-order valence-electron chi connectivity index (χ3n) is 4.13. The molecular formula is C17H28N2. The zero-order valence-corrected chi connectivity index (χ0v) is 12.7. The van der Waals surface area contributed by atoms with Gasteiger partial charge in [-0.2, -0.15) is 0 Å². The van der Waals surface area contributed by atoms with Gasteiger partial charge in [-0.3, -0.25) is 0 Å². The van der Waals surface area contributed by atoms with E-state index in [1.165, 1.54) is 43.6 Å². The lowest BCUT2D eigenvalue weighted by Crippen LogP contribution is -2.36. The van der Waals surface area contributed by atoms with Crippen LogP contribution in [0.25, 0.3) is 0 Å². The summed E-state index contributed by atoms with van der Waals surface area (Å²) >= 11 is 0. The summed E-state index contributed by atoms with van der Waals surface area (Å²) in [5.74, 6) is 0.875. The van der Waals surface area contributed by atoms with Gasteiger partial charge >= 0.3 is 0 Å². The highest BCUT2D eigenvalue weighted by molar-refractivity contribution is 5.54. The quantitative estimate of drug-likeness (QED) is 0.866. The van der Waals surface area contributed by atoms with E-state index in [4.69, 9.17) is 0 Å². The van der Waals surface area contributed by atoms with Gasteiger partial charge in [0.1, 0.15) is 0 Å². The molecule has 0 aromatic heterocycles. The van der Waals surface area contributed by atoms with E-state index in [1.807, 2.05) is 0 Å². The van der Waals surface area contributed by atoms with Gasteiger partial charge in [0.05, 0.1) is 0 Å². The standard InChI is InChI=1S/C17H28N2/c1-4-15-8-7-11-19(13-15)17-10-6-5-9-16(17)12-18-14(2)3/h5-6,9-10,14-15,18H,4,7-8,11-13H2,1-3H3. The molecule has 0 bridgehead atoms. The minimum atomic E-state index is 0.540. The maximum absolute atomic E-state index is 3.54. The normalized spacial score (nSPS) is 20.0. The number of rotatable bonds is 5. The zero-order chi connectivity index (χ0) is 13.7. The minimum absolute atomic E-state index is 0.540. The summed E-state index contributed by atoms with van der Waals surface area (Å²) in [5, 5.41) is 3.54. The average Bonchev–Trinajstić information content (AvgIpc) is 2.45. The van der Waals surface area contributed by atoms with Crippen molar-refractivity contribution >= 4 is 5.69 Å². The fourth-order valence-electron chi connectivity index (χ4n) is 2.90. The van der Waals surface area contributed by atoms with Crippen molar-refractivity contribution in [3.63, 3.8) is 0 Å². The molecule has 1 heterocycles. The van der Waals surface area contributed by atoms with Crippen molar-refractivity contribution in [2.24, 2.45) is 5.92 Å². The first-order chi connectivity index (χ1) is 9.20. The fraction of sp³-hybridized carbons (Fsp3) is 0.647. The summed E-state index contributed by atoms with van der Waals surface area (Å²) in [6.07, 6.45) is 4.05. The van der Waals surface area contributed by atoms with E-state index in [0.29, 0.717) is 6.04 Å². The van der Waals surface area contributed by atoms with Gasteiger partial charge in [0.25, 0.3) is 0 Å². The van der Waals surface area contributed by atoms with E-state index < -0.39 is 0 Å². The third kappa shape index (κ3) is 3.97. The number of benzene rings is 1. The molecule has 0 amide bonds. The number of piperidine rings is 1. The maximum Gasteiger partial charge on any atom is 0.0411 e. The van der Waals surface area contributed by atoms with Gasteiger partial charge in [0.2, 0.25) is 0 Å². The Bertz CT molecular complexity index is 387. The van der Waals surface area contributed by atoms with Crippen LogP contribution in [0.2, 0.25) is 0 Å². The molecular weight excluding hydrogens is 232 g/mol. The molecule has 1 aromatic rings. The summed E-state index contributed by atoms with van der Waals surface area (Å²) in [7, 11) is 0. The van der Waals surface area contributed by atoms with Gasteiger partial charge in [0, 0.05) is 31.4 Å². The molecule has 1 atom stereocenters. The molecule has 2 rings (SSSR count). The van der Waals surface area contributed by atoms with E-state index in [9.17, 15) is 0 Å². The fourth-order valence-corrected chi connectivity index (χ4v) is 2.90. The Balaban J connectivity index is 2.09. The molecule has 1 aliphatic rings. The molecule has 1 fully saturated rings. The Kier molecular flexibility index (Phi) is 5.26. The molecule has 1 saturated heterocycles. The van der Waals surface area contributed by atoms with Gasteiger partial charge in [-0.1, -0.05) is 45.4 Å². The van der Waals surface area contributed by atoms with E-state index in [0.717, 1.165) is 12.5 Å². The topological polar surface area (TPSA) is 15.3 Å². The van der Waals surface area contributed by atoms with Crippen molar-refractivity contribution in [2.75, 3.05) is 18.0 Å². The molecule has 0 aliphatic carbocycles. The van der Waals surface area contributed by atoms with Crippen molar-refractivity contribution in [1.29, 1.82) is 0 Å². The molecule has 2 heteroatoms. The lowest BCUT2D eigenvalue weighted by molar-refractivity contribution is 0.404. The van der Waals surface area contributed by atoms with Crippen LogP contribution in [0.1, 0.15) is 45.6 Å². The number of anilines is 1. The van der Waals surface area contributed by atoms with Crippen LogP contribution in [0.5, 0.6) is 0 Å². The first-order valence-electron chi connectivity index (χ1n) is 7.77. The Morgan fingerprint density at radius 3 is 2.84 bits per heavy atom. The second kappa shape index (κ2) is 6.95. The van der Waals surface area contributed by atoms with E-state index >= 15 is 0 Å². The molecule has 1 unspecified atom stereocenters. The van der Waals surface area contributed by atoms with Gasteiger partial charge in [-0.15, -0.1) is 0 Å². The molecule has 0 saturated carbocycles. The highest BCUT2D eigenvalue weighted by Crippen LogP contribution is 2.27. The Morgan fingerprint density at radius 2 is 2.11 bits per heavy atom. The zero-order valence-electron chi connectivity index (χ0n) is 12.7. The summed E-state index contributed by atoms with van der Waals surface area (Å²) in [5.41, 5.74) is 2.88. The van der Waals surface area contributed by atoms with Crippen LogP contribution in [0, 0.1) is 5.92 Å². The monoisotopic (exact) mass is 260 g/mol. The summed E-state index contributed by atoms with van der Waals surface area (Å²) in [6.45, 7) is 10.2. The predicted molar refractivity (Wildman–Crippen MR) is 83.6 cm³/mol. The van der Waals surface area contributed by atoms with E-state index in [1.54, 1.807) is 0 Å². The van der Waals surface area contributed by atoms with Crippen molar-refractivity contribution in [2.45, 2.75) is 52.6 Å². The molecule has 2 nitrogen and oxygen atoms in total. The second-order valence-electron chi connectivity index (χ2n) is 6.03. The smallest absolute Gasteiger partial charge is 0.0411 e. The number of hydrogen-bond donors (Lipinski definition) is 1. The highest BCUT2D eigenvalue weighted by Gasteiger charge is 2.20.